The van der Waals surface area contributed by atoms with E-state index in [-0.39, 0.29) is 0 Å². The van der Waals surface area contributed by atoms with E-state index in [9.17, 15) is 0 Å². The fourth-order valence-electron chi connectivity index (χ4n) is 2.03. The molecule has 1 nitrogen and oxygen atoms in total. The normalized spacial score (nSPS) is 43.7. The van der Waals surface area contributed by atoms with Crippen LogP contribution in [0.2, 0.25) is 0 Å². The predicted octanol–water partition coefficient (Wildman–Crippen LogP) is 1.49. The molecule has 2 unspecified atom stereocenters. The van der Waals surface area contributed by atoms with E-state index in [1.807, 2.05) is 0 Å². The third-order valence-corrected chi connectivity index (χ3v) is 2.80. The maximum atomic E-state index is 2.63. The zero-order chi connectivity index (χ0) is 6.27. The Morgan fingerprint density at radius 3 is 2.56 bits per heavy atom. The summed E-state index contributed by atoms with van der Waals surface area (Å²) in [5, 5.41) is 0. The van der Waals surface area contributed by atoms with E-state index in [4.69, 9.17) is 0 Å². The lowest BCUT2D eigenvalue weighted by atomic mass is 9.87. The van der Waals surface area contributed by atoms with E-state index >= 15 is 0 Å². The van der Waals surface area contributed by atoms with Gasteiger partial charge in [0.05, 0.1) is 0 Å². The molecule has 2 aliphatic heterocycles. The zero-order valence-corrected chi connectivity index (χ0v) is 6.14. The second-order valence-corrected chi connectivity index (χ2v) is 3.62. The van der Waals surface area contributed by atoms with Gasteiger partial charge in [-0.1, -0.05) is 6.92 Å². The highest BCUT2D eigenvalue weighted by atomic mass is 15.2. The molecule has 2 atom stereocenters. The van der Waals surface area contributed by atoms with Crippen LogP contribution >= 0.6 is 0 Å². The van der Waals surface area contributed by atoms with Crippen LogP contribution in [0.1, 0.15) is 26.2 Å². The van der Waals surface area contributed by atoms with Crippen molar-refractivity contribution in [3.8, 4) is 0 Å². The standard InChI is InChI=1S/C8H15N/c1-7-2-3-8-4-5-9(8)6-7/h7-8H,2-6H2,1H3. The average molecular weight is 125 g/mol. The minimum absolute atomic E-state index is 0.974. The van der Waals surface area contributed by atoms with Crippen molar-refractivity contribution in [1.29, 1.82) is 0 Å². The van der Waals surface area contributed by atoms with E-state index in [1.54, 1.807) is 0 Å². The topological polar surface area (TPSA) is 3.24 Å². The molecule has 9 heavy (non-hydrogen) atoms. The summed E-state index contributed by atoms with van der Waals surface area (Å²) in [7, 11) is 0. The molecule has 0 spiro atoms. The van der Waals surface area contributed by atoms with E-state index in [0.717, 1.165) is 12.0 Å². The number of nitrogens with zero attached hydrogens (tertiary/aromatic N) is 1. The van der Waals surface area contributed by atoms with Crippen molar-refractivity contribution in [2.75, 3.05) is 13.1 Å². The summed E-state index contributed by atoms with van der Waals surface area (Å²) in [6, 6.07) is 1.00. The highest BCUT2D eigenvalue weighted by Gasteiger charge is 2.32. The van der Waals surface area contributed by atoms with E-state index in [2.05, 4.69) is 11.8 Å². The van der Waals surface area contributed by atoms with E-state index in [0.29, 0.717) is 0 Å². The summed E-state index contributed by atoms with van der Waals surface area (Å²) in [6.07, 6.45) is 4.43. The van der Waals surface area contributed by atoms with Gasteiger partial charge in [-0.3, -0.25) is 0 Å². The summed E-state index contributed by atoms with van der Waals surface area (Å²) in [5.74, 6) is 0.974. The van der Waals surface area contributed by atoms with Gasteiger partial charge in [-0.15, -0.1) is 0 Å². The molecule has 0 saturated carbocycles. The summed E-state index contributed by atoms with van der Waals surface area (Å²) in [6.45, 7) is 5.13. The first-order valence-electron chi connectivity index (χ1n) is 4.10. The van der Waals surface area contributed by atoms with Crippen LogP contribution in [0, 0.1) is 5.92 Å². The van der Waals surface area contributed by atoms with Crippen LogP contribution in [-0.2, 0) is 0 Å². The molecule has 2 aliphatic rings. The van der Waals surface area contributed by atoms with E-state index < -0.39 is 0 Å². The maximum Gasteiger partial charge on any atom is 0.0108 e. The molecule has 0 radical (unpaired) electrons. The molecule has 0 aromatic carbocycles. The Kier molecular flexibility index (Phi) is 1.26. The summed E-state index contributed by atoms with van der Waals surface area (Å²) in [5.41, 5.74) is 0. The van der Waals surface area contributed by atoms with Crippen molar-refractivity contribution >= 4 is 0 Å². The third-order valence-electron chi connectivity index (χ3n) is 2.80. The monoisotopic (exact) mass is 125 g/mol. The molecule has 2 saturated heterocycles. The summed E-state index contributed by atoms with van der Waals surface area (Å²) < 4.78 is 0. The summed E-state index contributed by atoms with van der Waals surface area (Å²) >= 11 is 0. The Morgan fingerprint density at radius 1 is 1.22 bits per heavy atom. The van der Waals surface area contributed by atoms with Gasteiger partial charge < -0.3 is 4.90 Å². The molecule has 0 aromatic rings. The number of hydrogen-bond donors (Lipinski definition) is 0. The average Bonchev–Trinajstić information content (AvgIpc) is 1.78. The number of rotatable bonds is 0. The number of piperidine rings is 1. The molecule has 0 aromatic heterocycles. The highest BCUT2D eigenvalue weighted by Crippen LogP contribution is 2.29. The molecule has 0 bridgehead atoms. The molecule has 0 amide bonds. The molecule has 2 heterocycles. The second-order valence-electron chi connectivity index (χ2n) is 3.62. The van der Waals surface area contributed by atoms with Crippen molar-refractivity contribution < 1.29 is 0 Å². The van der Waals surface area contributed by atoms with Crippen LogP contribution in [0.5, 0.6) is 0 Å². The van der Waals surface area contributed by atoms with Crippen molar-refractivity contribution in [2.24, 2.45) is 5.92 Å². The van der Waals surface area contributed by atoms with Crippen molar-refractivity contribution in [2.45, 2.75) is 32.2 Å². The third kappa shape index (κ3) is 0.877. The lowest BCUT2D eigenvalue weighted by molar-refractivity contribution is 0.0306. The molecule has 2 fully saturated rings. The number of fused-ring (bicyclic) bond motifs is 1. The number of hydrogen-bond acceptors (Lipinski definition) is 1. The Balaban J connectivity index is 1.92. The molecular weight excluding hydrogens is 110 g/mol. The van der Waals surface area contributed by atoms with Gasteiger partial charge in [0, 0.05) is 12.6 Å². The van der Waals surface area contributed by atoms with Gasteiger partial charge in [-0.05, 0) is 31.7 Å². The lowest BCUT2D eigenvalue weighted by Crippen LogP contribution is -2.52. The molecule has 0 aliphatic carbocycles. The first-order valence-corrected chi connectivity index (χ1v) is 4.10. The smallest absolute Gasteiger partial charge is 0.0108 e. The molecular formula is C8H15N. The Labute approximate surface area is 57.0 Å². The van der Waals surface area contributed by atoms with Crippen LogP contribution in [-0.4, -0.2) is 24.0 Å². The van der Waals surface area contributed by atoms with Gasteiger partial charge in [-0.25, -0.2) is 0 Å². The minimum atomic E-state index is 0.974. The van der Waals surface area contributed by atoms with Gasteiger partial charge >= 0.3 is 0 Å². The Morgan fingerprint density at radius 2 is 2.11 bits per heavy atom. The molecule has 2 rings (SSSR count). The van der Waals surface area contributed by atoms with Crippen LogP contribution in [0.4, 0.5) is 0 Å². The lowest BCUT2D eigenvalue weighted by Gasteiger charge is -2.46. The first-order chi connectivity index (χ1) is 4.36. The SMILES string of the molecule is CC1CCC2CCN2C1. The Bertz CT molecular complexity index is 111. The predicted molar refractivity (Wildman–Crippen MR) is 38.4 cm³/mol. The minimum Gasteiger partial charge on any atom is -0.300 e. The summed E-state index contributed by atoms with van der Waals surface area (Å²) in [4.78, 5) is 2.63. The van der Waals surface area contributed by atoms with Gasteiger partial charge in [0.15, 0.2) is 0 Å². The fraction of sp³-hybridized carbons (Fsp3) is 1.00. The van der Waals surface area contributed by atoms with E-state index in [1.165, 1.54) is 32.4 Å². The zero-order valence-electron chi connectivity index (χ0n) is 6.14. The van der Waals surface area contributed by atoms with Gasteiger partial charge in [0.2, 0.25) is 0 Å². The molecule has 0 N–H and O–H groups in total. The van der Waals surface area contributed by atoms with Crippen LogP contribution in [0.15, 0.2) is 0 Å². The van der Waals surface area contributed by atoms with Gasteiger partial charge in [0.1, 0.15) is 0 Å². The quantitative estimate of drug-likeness (QED) is 0.474. The van der Waals surface area contributed by atoms with Crippen LogP contribution < -0.4 is 0 Å². The van der Waals surface area contributed by atoms with Crippen molar-refractivity contribution in [1.82, 2.24) is 4.90 Å². The van der Waals surface area contributed by atoms with Gasteiger partial charge in [-0.2, -0.15) is 0 Å². The highest BCUT2D eigenvalue weighted by molar-refractivity contribution is 4.87. The first kappa shape index (κ1) is 5.72. The Hall–Kier alpha value is -0.0400. The van der Waals surface area contributed by atoms with Gasteiger partial charge in [0.25, 0.3) is 0 Å². The fourth-order valence-corrected chi connectivity index (χ4v) is 2.03. The second kappa shape index (κ2) is 1.98. The largest absolute Gasteiger partial charge is 0.300 e. The van der Waals surface area contributed by atoms with Crippen LogP contribution in [0.3, 0.4) is 0 Å². The maximum absolute atomic E-state index is 2.63. The van der Waals surface area contributed by atoms with Crippen molar-refractivity contribution in [3.05, 3.63) is 0 Å². The molecule has 1 heteroatoms. The van der Waals surface area contributed by atoms with Crippen LogP contribution in [0.25, 0.3) is 0 Å². The van der Waals surface area contributed by atoms with Crippen molar-refractivity contribution in [3.63, 3.8) is 0 Å². The molecule has 52 valence electrons.